The first kappa shape index (κ1) is 20.0. The van der Waals surface area contributed by atoms with E-state index in [0.717, 1.165) is 33.8 Å². The van der Waals surface area contributed by atoms with E-state index in [1.165, 1.54) is 0 Å². The van der Waals surface area contributed by atoms with Crippen molar-refractivity contribution in [3.63, 3.8) is 0 Å². The molecule has 2 aromatic heterocycles. The lowest BCUT2D eigenvalue weighted by Crippen LogP contribution is -2.24. The molecule has 0 bridgehead atoms. The average molecular weight is 451 g/mol. The van der Waals surface area contributed by atoms with Gasteiger partial charge in [0.05, 0.1) is 29.2 Å². The number of halogens is 2. The van der Waals surface area contributed by atoms with Crippen molar-refractivity contribution in [3.8, 4) is 22.5 Å². The van der Waals surface area contributed by atoms with Crippen LogP contribution in [0.5, 0.6) is 0 Å². The van der Waals surface area contributed by atoms with Crippen molar-refractivity contribution in [2.24, 2.45) is 4.99 Å². The number of nitrogens with zero attached hydrogens (tertiary/aromatic N) is 4. The Morgan fingerprint density at radius 3 is 2.10 bits per heavy atom. The number of fused-ring (bicyclic) bond motifs is 1. The highest BCUT2D eigenvalue weighted by Crippen LogP contribution is 2.34. The topological polar surface area (TPSA) is 51.8 Å². The SMILES string of the molecule is Cc1nc2nc(-c3ccc(Cl)cc3)c(-c3ccc(Cl)cc3)n2cc1C1=NCC(C)(C)O1. The number of rotatable bonds is 3. The molecular weight excluding hydrogens is 431 g/mol. The molecule has 156 valence electrons. The molecule has 2 aromatic carbocycles. The van der Waals surface area contributed by atoms with E-state index in [0.29, 0.717) is 28.3 Å². The van der Waals surface area contributed by atoms with Crippen molar-refractivity contribution in [2.75, 3.05) is 6.54 Å². The molecule has 3 heterocycles. The fourth-order valence-electron chi connectivity index (χ4n) is 3.69. The zero-order valence-corrected chi connectivity index (χ0v) is 18.9. The molecule has 0 atom stereocenters. The van der Waals surface area contributed by atoms with E-state index in [1.807, 2.05) is 79.9 Å². The molecule has 0 amide bonds. The lowest BCUT2D eigenvalue weighted by molar-refractivity contribution is 0.131. The molecule has 0 saturated heterocycles. The van der Waals surface area contributed by atoms with Crippen LogP contribution in [0.2, 0.25) is 10.0 Å². The Bertz CT molecular complexity index is 1320. The van der Waals surface area contributed by atoms with Crippen molar-refractivity contribution in [2.45, 2.75) is 26.4 Å². The van der Waals surface area contributed by atoms with Crippen molar-refractivity contribution in [3.05, 3.63) is 76.0 Å². The first-order valence-corrected chi connectivity index (χ1v) is 10.7. The lowest BCUT2D eigenvalue weighted by atomic mass is 10.0. The smallest absolute Gasteiger partial charge is 0.235 e. The zero-order chi connectivity index (χ0) is 21.8. The predicted octanol–water partition coefficient (Wildman–Crippen LogP) is 6.23. The van der Waals surface area contributed by atoms with Crippen LogP contribution >= 0.6 is 23.2 Å². The average Bonchev–Trinajstić information content (AvgIpc) is 3.28. The van der Waals surface area contributed by atoms with Gasteiger partial charge < -0.3 is 4.74 Å². The van der Waals surface area contributed by atoms with Crippen LogP contribution < -0.4 is 0 Å². The second-order valence-corrected chi connectivity index (χ2v) is 9.09. The Morgan fingerprint density at radius 2 is 1.52 bits per heavy atom. The number of aliphatic imine (C=N–C) groups is 1. The fraction of sp³-hybridized carbons (Fsp3) is 0.208. The molecule has 1 aliphatic rings. The molecule has 0 aliphatic carbocycles. The number of ether oxygens (including phenoxy) is 1. The van der Waals surface area contributed by atoms with E-state index >= 15 is 0 Å². The highest BCUT2D eigenvalue weighted by Gasteiger charge is 2.30. The van der Waals surface area contributed by atoms with E-state index in [9.17, 15) is 0 Å². The molecule has 5 nitrogen and oxygen atoms in total. The third kappa shape index (κ3) is 3.68. The first-order valence-electron chi connectivity index (χ1n) is 9.96. The molecule has 5 rings (SSSR count). The number of hydrogen-bond donors (Lipinski definition) is 0. The van der Waals surface area contributed by atoms with Crippen LogP contribution in [0, 0.1) is 6.92 Å². The summed E-state index contributed by atoms with van der Waals surface area (Å²) in [5, 5.41) is 1.35. The number of aromatic nitrogens is 3. The maximum absolute atomic E-state index is 6.14. The molecular formula is C24H20Cl2N4O. The standard InChI is InChI=1S/C24H20Cl2N4O/c1-14-19(22-27-13-24(2,3)31-22)12-30-21(16-6-10-18(26)11-7-16)20(29-23(30)28-14)15-4-8-17(25)9-5-15/h4-12H,13H2,1-3H3. The Morgan fingerprint density at radius 1 is 0.903 bits per heavy atom. The highest BCUT2D eigenvalue weighted by atomic mass is 35.5. The van der Waals surface area contributed by atoms with E-state index in [2.05, 4.69) is 4.99 Å². The Labute approximate surface area is 190 Å². The van der Waals surface area contributed by atoms with Gasteiger partial charge in [0.2, 0.25) is 11.7 Å². The quantitative estimate of drug-likeness (QED) is 0.371. The van der Waals surface area contributed by atoms with Crippen LogP contribution in [0.15, 0.2) is 59.7 Å². The van der Waals surface area contributed by atoms with Gasteiger partial charge in [-0.2, -0.15) is 0 Å². The number of benzene rings is 2. The Hall–Kier alpha value is -2.89. The maximum atomic E-state index is 6.14. The second-order valence-electron chi connectivity index (χ2n) is 8.22. The molecule has 0 radical (unpaired) electrons. The van der Waals surface area contributed by atoms with Crippen molar-refractivity contribution in [1.82, 2.24) is 14.4 Å². The van der Waals surface area contributed by atoms with E-state index < -0.39 is 0 Å². The van der Waals surface area contributed by atoms with Crippen molar-refractivity contribution < 1.29 is 4.74 Å². The fourth-order valence-corrected chi connectivity index (χ4v) is 3.94. The van der Waals surface area contributed by atoms with Gasteiger partial charge in [-0.25, -0.2) is 15.0 Å². The van der Waals surface area contributed by atoms with E-state index in [4.69, 9.17) is 37.9 Å². The van der Waals surface area contributed by atoms with E-state index in [-0.39, 0.29) is 5.60 Å². The molecule has 0 unspecified atom stereocenters. The summed E-state index contributed by atoms with van der Waals surface area (Å²) in [6.07, 6.45) is 2.01. The van der Waals surface area contributed by atoms with Gasteiger partial charge in [0.25, 0.3) is 0 Å². The van der Waals surface area contributed by atoms with Gasteiger partial charge in [0, 0.05) is 27.4 Å². The summed E-state index contributed by atoms with van der Waals surface area (Å²) in [5.74, 6) is 1.22. The minimum Gasteiger partial charge on any atom is -0.469 e. The van der Waals surface area contributed by atoms with Crippen molar-refractivity contribution >= 4 is 34.9 Å². The summed E-state index contributed by atoms with van der Waals surface area (Å²) in [6, 6.07) is 15.4. The van der Waals surface area contributed by atoms with E-state index in [1.54, 1.807) is 0 Å². The highest BCUT2D eigenvalue weighted by molar-refractivity contribution is 6.31. The third-order valence-electron chi connectivity index (χ3n) is 5.25. The van der Waals surface area contributed by atoms with Crippen LogP contribution in [0.4, 0.5) is 0 Å². The molecule has 0 N–H and O–H groups in total. The summed E-state index contributed by atoms with van der Waals surface area (Å²) in [4.78, 5) is 14.2. The van der Waals surface area contributed by atoms with Crippen LogP contribution in [-0.2, 0) is 4.74 Å². The minimum absolute atomic E-state index is 0.320. The van der Waals surface area contributed by atoms with Gasteiger partial charge in [-0.1, -0.05) is 47.5 Å². The van der Waals surface area contributed by atoms with Crippen LogP contribution in [0.25, 0.3) is 28.3 Å². The largest absolute Gasteiger partial charge is 0.469 e. The van der Waals surface area contributed by atoms with Crippen molar-refractivity contribution in [1.29, 1.82) is 0 Å². The molecule has 0 saturated carbocycles. The van der Waals surface area contributed by atoms with Crippen LogP contribution in [0.3, 0.4) is 0 Å². The Kier molecular flexibility index (Phi) is 4.76. The normalized spacial score (nSPS) is 15.2. The molecule has 4 aromatic rings. The number of aryl methyl sites for hydroxylation is 1. The van der Waals surface area contributed by atoms with Gasteiger partial charge in [-0.15, -0.1) is 0 Å². The van der Waals surface area contributed by atoms with Gasteiger partial charge in [-0.3, -0.25) is 4.40 Å². The number of hydrogen-bond acceptors (Lipinski definition) is 4. The predicted molar refractivity (Wildman–Crippen MR) is 125 cm³/mol. The maximum Gasteiger partial charge on any atom is 0.235 e. The molecule has 0 fully saturated rings. The van der Waals surface area contributed by atoms with Crippen LogP contribution in [0.1, 0.15) is 25.1 Å². The molecule has 31 heavy (non-hydrogen) atoms. The van der Waals surface area contributed by atoms with Gasteiger partial charge >= 0.3 is 0 Å². The lowest BCUT2D eigenvalue weighted by Gasteiger charge is -2.18. The zero-order valence-electron chi connectivity index (χ0n) is 17.4. The second kappa shape index (κ2) is 7.36. The summed E-state index contributed by atoms with van der Waals surface area (Å²) in [7, 11) is 0. The minimum atomic E-state index is -0.320. The van der Waals surface area contributed by atoms with Crippen LogP contribution in [-0.4, -0.2) is 32.4 Å². The van der Waals surface area contributed by atoms with Gasteiger partial charge in [0.1, 0.15) is 5.60 Å². The van der Waals surface area contributed by atoms with Gasteiger partial charge in [0.15, 0.2) is 0 Å². The Balaban J connectivity index is 1.76. The summed E-state index contributed by atoms with van der Waals surface area (Å²) in [6.45, 7) is 6.62. The first-order chi connectivity index (χ1) is 14.8. The van der Waals surface area contributed by atoms with Gasteiger partial charge in [-0.05, 0) is 45.0 Å². The summed E-state index contributed by atoms with van der Waals surface area (Å²) < 4.78 is 8.07. The molecule has 7 heteroatoms. The summed E-state index contributed by atoms with van der Waals surface area (Å²) in [5.41, 5.74) is 5.02. The third-order valence-corrected chi connectivity index (χ3v) is 5.75. The number of imidazole rings is 1. The monoisotopic (exact) mass is 450 g/mol. The summed E-state index contributed by atoms with van der Waals surface area (Å²) >= 11 is 12.3. The molecule has 0 spiro atoms. The molecule has 1 aliphatic heterocycles.